The van der Waals surface area contributed by atoms with Gasteiger partial charge in [0.1, 0.15) is 5.01 Å². The van der Waals surface area contributed by atoms with E-state index in [1.807, 2.05) is 24.4 Å². The highest BCUT2D eigenvalue weighted by Crippen LogP contribution is 2.34. The summed E-state index contributed by atoms with van der Waals surface area (Å²) < 4.78 is 26.3. The summed E-state index contributed by atoms with van der Waals surface area (Å²) in [6.45, 7) is 0.251. The molecule has 2 amide bonds. The van der Waals surface area contributed by atoms with Gasteiger partial charge in [-0.05, 0) is 47.9 Å². The highest BCUT2D eigenvalue weighted by atomic mass is 32.2. The molecule has 0 fully saturated rings. The van der Waals surface area contributed by atoms with Crippen LogP contribution < -0.4 is 10.6 Å². The molecule has 8 nitrogen and oxygen atoms in total. The van der Waals surface area contributed by atoms with Gasteiger partial charge in [0.2, 0.25) is 9.84 Å². The normalized spacial score (nSPS) is 13.8. The van der Waals surface area contributed by atoms with Crippen LogP contribution in [-0.2, 0) is 16.4 Å². The van der Waals surface area contributed by atoms with Crippen LogP contribution >= 0.6 is 11.3 Å². The van der Waals surface area contributed by atoms with Gasteiger partial charge in [0, 0.05) is 40.0 Å². The van der Waals surface area contributed by atoms with E-state index in [2.05, 4.69) is 26.7 Å². The Morgan fingerprint density at radius 3 is 2.70 bits per heavy atom. The zero-order valence-corrected chi connectivity index (χ0v) is 20.8. The number of carbonyl (C=O) groups excluding carboxylic acids is 2. The number of rotatable bonds is 4. The molecule has 2 aromatic heterocycles. The Morgan fingerprint density at radius 2 is 1.81 bits per heavy atom. The Morgan fingerprint density at radius 1 is 0.946 bits per heavy atom. The summed E-state index contributed by atoms with van der Waals surface area (Å²) in [6, 6.07) is 18.2. The van der Waals surface area contributed by atoms with Crippen molar-refractivity contribution in [2.75, 3.05) is 5.32 Å². The van der Waals surface area contributed by atoms with E-state index in [0.29, 0.717) is 0 Å². The van der Waals surface area contributed by atoms with Gasteiger partial charge in [-0.15, -0.1) is 11.3 Å². The second-order valence-electron chi connectivity index (χ2n) is 8.42. The summed E-state index contributed by atoms with van der Waals surface area (Å²) in [4.78, 5) is 34.9. The van der Waals surface area contributed by atoms with Crippen molar-refractivity contribution in [2.24, 2.45) is 0 Å². The van der Waals surface area contributed by atoms with E-state index in [1.54, 1.807) is 24.5 Å². The molecule has 1 aliphatic rings. The van der Waals surface area contributed by atoms with Crippen molar-refractivity contribution >= 4 is 49.4 Å². The molecule has 0 spiro atoms. The number of amides is 2. The summed E-state index contributed by atoms with van der Waals surface area (Å²) in [5, 5.41) is 8.42. The van der Waals surface area contributed by atoms with Crippen LogP contribution in [0.2, 0.25) is 0 Å². The van der Waals surface area contributed by atoms with E-state index in [-0.39, 0.29) is 33.2 Å². The van der Waals surface area contributed by atoms with E-state index >= 15 is 0 Å². The number of thiazole rings is 1. The maximum atomic E-state index is 13.1. The average Bonchev–Trinajstić information content (AvgIpc) is 3.37. The maximum absolute atomic E-state index is 13.1. The number of benzene rings is 3. The molecular formula is C27H18N4O4S2. The average molecular weight is 527 g/mol. The first-order valence-corrected chi connectivity index (χ1v) is 13.6. The minimum atomic E-state index is -3.93. The number of pyridine rings is 1. The van der Waals surface area contributed by atoms with Crippen molar-refractivity contribution in [3.63, 3.8) is 0 Å². The minimum Gasteiger partial charge on any atom is -0.347 e. The predicted octanol–water partition coefficient (Wildman–Crippen LogP) is 4.69. The maximum Gasteiger partial charge on any atom is 0.257 e. The molecule has 0 aliphatic carbocycles. The van der Waals surface area contributed by atoms with Crippen molar-refractivity contribution in [2.45, 2.75) is 16.3 Å². The van der Waals surface area contributed by atoms with E-state index in [9.17, 15) is 18.0 Å². The first-order chi connectivity index (χ1) is 17.9. The molecule has 0 saturated carbocycles. The molecule has 10 heteroatoms. The Balaban J connectivity index is 1.21. The number of hydrogen-bond acceptors (Lipinski definition) is 7. The van der Waals surface area contributed by atoms with Gasteiger partial charge >= 0.3 is 0 Å². The molecule has 0 saturated heterocycles. The van der Waals surface area contributed by atoms with Gasteiger partial charge < -0.3 is 10.6 Å². The quantitative estimate of drug-likeness (QED) is 0.351. The van der Waals surface area contributed by atoms with Gasteiger partial charge in [-0.25, -0.2) is 13.4 Å². The van der Waals surface area contributed by atoms with Crippen LogP contribution in [0, 0.1) is 0 Å². The molecule has 0 atom stereocenters. The molecule has 1 aliphatic heterocycles. The minimum absolute atomic E-state index is 0.0550. The van der Waals surface area contributed by atoms with Gasteiger partial charge in [-0.3, -0.25) is 14.6 Å². The van der Waals surface area contributed by atoms with E-state index < -0.39 is 21.7 Å². The van der Waals surface area contributed by atoms with Gasteiger partial charge in [-0.2, -0.15) is 0 Å². The van der Waals surface area contributed by atoms with Crippen molar-refractivity contribution in [3.05, 3.63) is 101 Å². The van der Waals surface area contributed by atoms with Gasteiger partial charge in [-0.1, -0.05) is 24.3 Å². The second kappa shape index (κ2) is 8.91. The molecule has 6 rings (SSSR count). The fourth-order valence-corrected chi connectivity index (χ4v) is 6.65. The second-order valence-corrected chi connectivity index (χ2v) is 11.4. The van der Waals surface area contributed by atoms with Crippen LogP contribution in [0.15, 0.2) is 95.1 Å². The third-order valence-corrected chi connectivity index (χ3v) is 8.98. The number of anilines is 1. The zero-order chi connectivity index (χ0) is 25.6. The molecule has 0 radical (unpaired) electrons. The fourth-order valence-electron chi connectivity index (χ4n) is 4.21. The SMILES string of the molecule is O=C(NCc1cnc(-c2ccc3cnccc3c2)s1)c1ccc2c(c1)NC(=O)c1ccccc1S2(=O)=O. The molecule has 3 heterocycles. The summed E-state index contributed by atoms with van der Waals surface area (Å²) in [6.07, 6.45) is 5.28. The lowest BCUT2D eigenvalue weighted by Gasteiger charge is -2.10. The number of nitrogens with one attached hydrogen (secondary N) is 2. The Labute approximate surface area is 216 Å². The number of sulfone groups is 1. The largest absolute Gasteiger partial charge is 0.347 e. The Hall–Kier alpha value is -4.41. The lowest BCUT2D eigenvalue weighted by Crippen LogP contribution is -2.22. The van der Waals surface area contributed by atoms with Gasteiger partial charge in [0.15, 0.2) is 0 Å². The van der Waals surface area contributed by atoms with Crippen molar-refractivity contribution in [1.29, 1.82) is 0 Å². The molecule has 0 unspecified atom stereocenters. The third-order valence-electron chi connectivity index (χ3n) is 6.06. The first-order valence-electron chi connectivity index (χ1n) is 11.3. The number of hydrogen-bond donors (Lipinski definition) is 2. The highest BCUT2D eigenvalue weighted by Gasteiger charge is 2.31. The Kier molecular flexibility index (Phi) is 5.54. The number of fused-ring (bicyclic) bond motifs is 3. The summed E-state index contributed by atoms with van der Waals surface area (Å²) in [7, 11) is -3.93. The molecule has 2 N–H and O–H groups in total. The summed E-state index contributed by atoms with van der Waals surface area (Å²) in [5.41, 5.74) is 1.34. The van der Waals surface area contributed by atoms with E-state index in [0.717, 1.165) is 26.2 Å². The molecule has 0 bridgehead atoms. The first kappa shape index (κ1) is 23.0. The smallest absolute Gasteiger partial charge is 0.257 e. The lowest BCUT2D eigenvalue weighted by atomic mass is 10.1. The predicted molar refractivity (Wildman–Crippen MR) is 140 cm³/mol. The van der Waals surface area contributed by atoms with Crippen LogP contribution in [0.4, 0.5) is 5.69 Å². The Bertz CT molecular complexity index is 1830. The molecule has 5 aromatic rings. The molecular weight excluding hydrogens is 508 g/mol. The molecule has 182 valence electrons. The van der Waals surface area contributed by atoms with Crippen LogP contribution in [0.1, 0.15) is 25.6 Å². The van der Waals surface area contributed by atoms with Crippen molar-refractivity contribution in [3.8, 4) is 10.6 Å². The molecule has 37 heavy (non-hydrogen) atoms. The highest BCUT2D eigenvalue weighted by molar-refractivity contribution is 7.91. The van der Waals surface area contributed by atoms with E-state index in [1.165, 1.54) is 41.7 Å². The fraction of sp³-hybridized carbons (Fsp3) is 0.0370. The van der Waals surface area contributed by atoms with Crippen LogP contribution in [0.5, 0.6) is 0 Å². The van der Waals surface area contributed by atoms with Gasteiger partial charge in [0.05, 0.1) is 27.6 Å². The van der Waals surface area contributed by atoms with Crippen LogP contribution in [-0.4, -0.2) is 30.2 Å². The van der Waals surface area contributed by atoms with Crippen molar-refractivity contribution in [1.82, 2.24) is 15.3 Å². The summed E-state index contributed by atoms with van der Waals surface area (Å²) >= 11 is 1.47. The van der Waals surface area contributed by atoms with E-state index in [4.69, 9.17) is 0 Å². The lowest BCUT2D eigenvalue weighted by molar-refractivity contribution is 0.0949. The third kappa shape index (κ3) is 4.15. The number of carbonyl (C=O) groups is 2. The standard InChI is InChI=1S/C27H18N4O4S2/c32-25(29-14-20-15-30-27(36-20)18-5-6-19-13-28-10-9-16(19)11-18)17-7-8-24-22(12-17)31-26(33)21-3-1-2-4-23(21)37(24,34)35/h1-13,15H,14H2,(H,29,32)(H,31,33). The monoisotopic (exact) mass is 526 g/mol. The zero-order valence-electron chi connectivity index (χ0n) is 19.1. The van der Waals surface area contributed by atoms with Crippen LogP contribution in [0.25, 0.3) is 21.3 Å². The van der Waals surface area contributed by atoms with Gasteiger partial charge in [0.25, 0.3) is 11.8 Å². The summed E-state index contributed by atoms with van der Waals surface area (Å²) in [5.74, 6) is -0.943. The topological polar surface area (TPSA) is 118 Å². The number of nitrogens with zero attached hydrogens (tertiary/aromatic N) is 2. The van der Waals surface area contributed by atoms with Crippen LogP contribution in [0.3, 0.4) is 0 Å². The molecule has 3 aromatic carbocycles. The number of aromatic nitrogens is 2. The van der Waals surface area contributed by atoms with Crippen molar-refractivity contribution < 1.29 is 18.0 Å².